The summed E-state index contributed by atoms with van der Waals surface area (Å²) in [4.78, 5) is 0. The lowest BCUT2D eigenvalue weighted by Gasteiger charge is -2.37. The Labute approximate surface area is 108 Å². The van der Waals surface area contributed by atoms with Gasteiger partial charge in [-0.05, 0) is 43.9 Å². The molecule has 1 N–H and O–H groups in total. The highest BCUT2D eigenvalue weighted by Crippen LogP contribution is 2.39. The molecule has 1 aromatic carbocycles. The number of hydrogen-bond acceptors (Lipinski definition) is 1. The molecule has 0 unspecified atom stereocenters. The van der Waals surface area contributed by atoms with Gasteiger partial charge in [0.2, 0.25) is 0 Å². The van der Waals surface area contributed by atoms with Crippen LogP contribution in [0.2, 0.25) is 0 Å². The van der Waals surface area contributed by atoms with Crippen LogP contribution in [0.1, 0.15) is 37.7 Å². The minimum atomic E-state index is -0.406. The Balaban J connectivity index is 2.23. The average molecular weight is 253 g/mol. The summed E-state index contributed by atoms with van der Waals surface area (Å²) >= 11 is 0. The van der Waals surface area contributed by atoms with E-state index in [2.05, 4.69) is 5.32 Å². The number of halogens is 2. The van der Waals surface area contributed by atoms with Gasteiger partial charge in [-0.1, -0.05) is 25.3 Å². The summed E-state index contributed by atoms with van der Waals surface area (Å²) in [6.07, 6.45) is 6.19. The van der Waals surface area contributed by atoms with Crippen molar-refractivity contribution in [1.82, 2.24) is 5.32 Å². The van der Waals surface area contributed by atoms with Gasteiger partial charge in [0.25, 0.3) is 0 Å². The summed E-state index contributed by atoms with van der Waals surface area (Å²) < 4.78 is 27.5. The van der Waals surface area contributed by atoms with Gasteiger partial charge in [0, 0.05) is 12.1 Å². The first-order chi connectivity index (χ1) is 8.67. The van der Waals surface area contributed by atoms with E-state index in [0.717, 1.165) is 32.2 Å². The zero-order valence-corrected chi connectivity index (χ0v) is 10.9. The Hall–Kier alpha value is -0.960. The van der Waals surface area contributed by atoms with Crippen molar-refractivity contribution in [2.45, 2.75) is 38.5 Å². The highest BCUT2D eigenvalue weighted by Gasteiger charge is 2.33. The Bertz CT molecular complexity index is 372. The van der Waals surface area contributed by atoms with E-state index in [4.69, 9.17) is 0 Å². The third-order valence-electron chi connectivity index (χ3n) is 4.08. The molecule has 1 aliphatic carbocycles. The van der Waals surface area contributed by atoms with Gasteiger partial charge >= 0.3 is 0 Å². The van der Waals surface area contributed by atoms with Crippen LogP contribution in [0.5, 0.6) is 0 Å². The van der Waals surface area contributed by atoms with E-state index in [9.17, 15) is 8.78 Å². The summed E-state index contributed by atoms with van der Waals surface area (Å²) in [6.45, 7) is 0.834. The van der Waals surface area contributed by atoms with Gasteiger partial charge in [-0.25, -0.2) is 8.78 Å². The molecule has 0 atom stereocenters. The topological polar surface area (TPSA) is 12.0 Å². The van der Waals surface area contributed by atoms with Gasteiger partial charge in [0.1, 0.15) is 11.6 Å². The van der Waals surface area contributed by atoms with Crippen LogP contribution >= 0.6 is 0 Å². The molecule has 0 aliphatic heterocycles. The smallest absolute Gasteiger partial charge is 0.129 e. The molecule has 1 aliphatic rings. The van der Waals surface area contributed by atoms with Crippen LogP contribution in [0.25, 0.3) is 0 Å². The van der Waals surface area contributed by atoms with Crippen LogP contribution in [-0.2, 0) is 6.42 Å². The second-order valence-electron chi connectivity index (χ2n) is 5.47. The Morgan fingerprint density at radius 2 is 1.72 bits per heavy atom. The summed E-state index contributed by atoms with van der Waals surface area (Å²) in [5, 5.41) is 3.19. The minimum absolute atomic E-state index is 0.0238. The summed E-state index contributed by atoms with van der Waals surface area (Å²) in [5.41, 5.74) is 0.283. The van der Waals surface area contributed by atoms with E-state index >= 15 is 0 Å². The molecule has 1 aromatic rings. The third-order valence-corrected chi connectivity index (χ3v) is 4.08. The van der Waals surface area contributed by atoms with Crippen LogP contribution < -0.4 is 5.32 Å². The van der Waals surface area contributed by atoms with E-state index in [1.54, 1.807) is 0 Å². The van der Waals surface area contributed by atoms with Crippen LogP contribution in [0.3, 0.4) is 0 Å². The van der Waals surface area contributed by atoms with Crippen molar-refractivity contribution in [1.29, 1.82) is 0 Å². The number of benzene rings is 1. The zero-order chi connectivity index (χ0) is 13.0. The SMILES string of the molecule is CNCC1(Cc2c(F)cccc2F)CCCCC1. The molecule has 0 heterocycles. The third kappa shape index (κ3) is 2.89. The second kappa shape index (κ2) is 5.79. The standard InChI is InChI=1S/C15H21F2N/c1-18-11-15(8-3-2-4-9-15)10-12-13(16)6-5-7-14(12)17/h5-7,18H,2-4,8-11H2,1H3. The number of hydrogen-bond donors (Lipinski definition) is 1. The van der Waals surface area contributed by atoms with Crippen LogP contribution in [0, 0.1) is 17.0 Å². The molecule has 1 nitrogen and oxygen atoms in total. The first kappa shape index (κ1) is 13.5. The molecule has 0 saturated heterocycles. The van der Waals surface area contributed by atoms with E-state index in [1.165, 1.54) is 24.6 Å². The quantitative estimate of drug-likeness (QED) is 0.863. The lowest BCUT2D eigenvalue weighted by Crippen LogP contribution is -2.37. The first-order valence-electron chi connectivity index (χ1n) is 6.74. The molecule has 1 fully saturated rings. The maximum absolute atomic E-state index is 13.8. The van der Waals surface area contributed by atoms with Gasteiger partial charge in [0.15, 0.2) is 0 Å². The van der Waals surface area contributed by atoms with Crippen molar-refractivity contribution in [3.05, 3.63) is 35.4 Å². The fraction of sp³-hybridized carbons (Fsp3) is 0.600. The molecular formula is C15H21F2N. The lowest BCUT2D eigenvalue weighted by molar-refractivity contribution is 0.181. The molecule has 2 rings (SSSR count). The monoisotopic (exact) mass is 253 g/mol. The summed E-state index contributed by atoms with van der Waals surface area (Å²) in [6, 6.07) is 4.14. The van der Waals surface area contributed by atoms with Crippen molar-refractivity contribution >= 4 is 0 Å². The minimum Gasteiger partial charge on any atom is -0.319 e. The predicted octanol–water partition coefficient (Wildman–Crippen LogP) is 3.68. The molecule has 0 radical (unpaired) electrons. The Morgan fingerprint density at radius 3 is 2.28 bits per heavy atom. The second-order valence-corrected chi connectivity index (χ2v) is 5.47. The Morgan fingerprint density at radius 1 is 1.11 bits per heavy atom. The molecule has 0 spiro atoms. The normalized spacial score (nSPS) is 18.8. The Kier molecular flexibility index (Phi) is 4.33. The van der Waals surface area contributed by atoms with E-state index in [1.807, 2.05) is 7.05 Å². The summed E-state index contributed by atoms with van der Waals surface area (Å²) in [5.74, 6) is -0.813. The number of rotatable bonds is 4. The fourth-order valence-electron chi connectivity index (χ4n) is 3.17. The van der Waals surface area contributed by atoms with Crippen molar-refractivity contribution in [2.24, 2.45) is 5.41 Å². The molecule has 0 aromatic heterocycles. The highest BCUT2D eigenvalue weighted by atomic mass is 19.1. The molecule has 1 saturated carbocycles. The van der Waals surface area contributed by atoms with Gasteiger partial charge in [-0.15, -0.1) is 0 Å². The van der Waals surface area contributed by atoms with Crippen LogP contribution in [0.4, 0.5) is 8.78 Å². The lowest BCUT2D eigenvalue weighted by atomic mass is 9.70. The van der Waals surface area contributed by atoms with Gasteiger partial charge in [-0.3, -0.25) is 0 Å². The molecule has 0 bridgehead atoms. The van der Waals surface area contributed by atoms with Crippen molar-refractivity contribution in [2.75, 3.05) is 13.6 Å². The molecule has 18 heavy (non-hydrogen) atoms. The first-order valence-corrected chi connectivity index (χ1v) is 6.74. The van der Waals surface area contributed by atoms with Crippen LogP contribution in [0.15, 0.2) is 18.2 Å². The molecule has 100 valence electrons. The molecular weight excluding hydrogens is 232 g/mol. The van der Waals surface area contributed by atoms with Crippen molar-refractivity contribution in [3.63, 3.8) is 0 Å². The largest absolute Gasteiger partial charge is 0.319 e. The fourth-order valence-corrected chi connectivity index (χ4v) is 3.17. The maximum atomic E-state index is 13.8. The zero-order valence-electron chi connectivity index (χ0n) is 10.9. The van der Waals surface area contributed by atoms with Gasteiger partial charge < -0.3 is 5.32 Å². The van der Waals surface area contributed by atoms with Crippen LogP contribution in [-0.4, -0.2) is 13.6 Å². The maximum Gasteiger partial charge on any atom is 0.129 e. The van der Waals surface area contributed by atoms with Crippen molar-refractivity contribution < 1.29 is 8.78 Å². The van der Waals surface area contributed by atoms with E-state index in [-0.39, 0.29) is 11.0 Å². The van der Waals surface area contributed by atoms with E-state index < -0.39 is 11.6 Å². The molecule has 3 heteroatoms. The van der Waals surface area contributed by atoms with E-state index in [0.29, 0.717) is 6.42 Å². The predicted molar refractivity (Wildman–Crippen MR) is 69.5 cm³/mol. The highest BCUT2D eigenvalue weighted by molar-refractivity contribution is 5.21. The molecule has 0 amide bonds. The average Bonchev–Trinajstić information content (AvgIpc) is 2.36. The van der Waals surface area contributed by atoms with Gasteiger partial charge in [0.05, 0.1) is 0 Å². The van der Waals surface area contributed by atoms with Crippen molar-refractivity contribution in [3.8, 4) is 0 Å². The van der Waals surface area contributed by atoms with Gasteiger partial charge in [-0.2, -0.15) is 0 Å². The number of nitrogens with one attached hydrogen (secondary N) is 1. The summed E-state index contributed by atoms with van der Waals surface area (Å²) in [7, 11) is 1.91.